The Balaban J connectivity index is 1.65. The molecule has 116 valence electrons. The molecule has 6 nitrogen and oxygen atoms in total. The maximum atomic E-state index is 12.5. The molecule has 3 rings (SSSR count). The minimum Gasteiger partial charge on any atom is -0.380 e. The van der Waals surface area contributed by atoms with E-state index < -0.39 is 5.60 Å². The van der Waals surface area contributed by atoms with E-state index in [1.54, 1.807) is 23.2 Å². The van der Waals surface area contributed by atoms with Crippen LogP contribution in [0.2, 0.25) is 0 Å². The number of hydrogen-bond donors (Lipinski definition) is 1. The number of aromatic nitrogens is 1. The molecule has 0 atom stereocenters. The number of rotatable bonds is 2. The highest BCUT2D eigenvalue weighted by molar-refractivity contribution is 5.85. The Bertz CT molecular complexity index is 596. The van der Waals surface area contributed by atoms with Crippen molar-refractivity contribution in [1.82, 2.24) is 9.88 Å². The monoisotopic (exact) mass is 300 g/mol. The van der Waals surface area contributed by atoms with E-state index in [-0.39, 0.29) is 5.91 Å². The Hall–Kier alpha value is -2.13. The van der Waals surface area contributed by atoms with Gasteiger partial charge >= 0.3 is 0 Å². The molecule has 0 bridgehead atoms. The second-order valence-corrected chi connectivity index (χ2v) is 6.00. The molecule has 22 heavy (non-hydrogen) atoms. The predicted molar refractivity (Wildman–Crippen MR) is 81.2 cm³/mol. The number of amides is 1. The van der Waals surface area contributed by atoms with Crippen molar-refractivity contribution in [3.63, 3.8) is 0 Å². The quantitative estimate of drug-likeness (QED) is 0.878. The zero-order valence-electron chi connectivity index (χ0n) is 12.5. The highest BCUT2D eigenvalue weighted by Crippen LogP contribution is 2.31. The second kappa shape index (κ2) is 5.93. The van der Waals surface area contributed by atoms with Gasteiger partial charge in [0.25, 0.3) is 5.91 Å². The minimum atomic E-state index is -1.15. The molecule has 1 aliphatic carbocycles. The van der Waals surface area contributed by atoms with Gasteiger partial charge < -0.3 is 14.9 Å². The van der Waals surface area contributed by atoms with Crippen LogP contribution in [0.1, 0.15) is 31.2 Å². The fourth-order valence-electron chi connectivity index (χ4n) is 3.33. The van der Waals surface area contributed by atoms with E-state index in [0.717, 1.165) is 12.8 Å². The highest BCUT2D eigenvalue weighted by atomic mass is 16.3. The smallest absolute Gasteiger partial charge is 0.254 e. The van der Waals surface area contributed by atoms with E-state index in [1.807, 2.05) is 4.90 Å². The van der Waals surface area contributed by atoms with E-state index >= 15 is 0 Å². The number of hydrogen-bond acceptors (Lipinski definition) is 5. The molecule has 0 radical (unpaired) electrons. The van der Waals surface area contributed by atoms with Gasteiger partial charge in [0.2, 0.25) is 0 Å². The van der Waals surface area contributed by atoms with Crippen LogP contribution in [-0.4, -0.2) is 52.7 Å². The Morgan fingerprint density at radius 2 is 1.95 bits per heavy atom. The molecule has 6 heteroatoms. The van der Waals surface area contributed by atoms with Crippen LogP contribution in [0.25, 0.3) is 0 Å². The zero-order chi connectivity index (χ0) is 15.6. The summed E-state index contributed by atoms with van der Waals surface area (Å²) in [7, 11) is 0. The molecule has 1 N–H and O–H groups in total. The Morgan fingerprint density at radius 1 is 1.27 bits per heavy atom. The third-order valence-electron chi connectivity index (χ3n) is 4.60. The number of carbonyl (C=O) groups excluding carboxylic acids is 1. The molecule has 2 fully saturated rings. The average Bonchev–Trinajstić information content (AvgIpc) is 3.02. The summed E-state index contributed by atoms with van der Waals surface area (Å²) in [6, 6.07) is 5.65. The van der Waals surface area contributed by atoms with Crippen LogP contribution < -0.4 is 4.90 Å². The summed E-state index contributed by atoms with van der Waals surface area (Å²) < 4.78 is 0. The number of pyridine rings is 1. The number of nitriles is 1. The van der Waals surface area contributed by atoms with Crippen LogP contribution >= 0.6 is 0 Å². The number of piperazine rings is 1. The van der Waals surface area contributed by atoms with E-state index in [4.69, 9.17) is 5.26 Å². The van der Waals surface area contributed by atoms with Gasteiger partial charge in [-0.2, -0.15) is 5.26 Å². The number of nitrogens with zero attached hydrogens (tertiary/aromatic N) is 4. The first-order valence-electron chi connectivity index (χ1n) is 7.76. The van der Waals surface area contributed by atoms with Gasteiger partial charge in [-0.1, -0.05) is 0 Å². The van der Waals surface area contributed by atoms with Crippen molar-refractivity contribution < 1.29 is 9.90 Å². The second-order valence-electron chi connectivity index (χ2n) is 6.00. The minimum absolute atomic E-state index is 0.133. The Labute approximate surface area is 130 Å². The summed E-state index contributed by atoms with van der Waals surface area (Å²) >= 11 is 0. The van der Waals surface area contributed by atoms with Gasteiger partial charge in [-0.15, -0.1) is 0 Å². The molecule has 1 aromatic heterocycles. The molecule has 0 aromatic carbocycles. The van der Waals surface area contributed by atoms with Crippen LogP contribution in [0.15, 0.2) is 18.3 Å². The first kappa shape index (κ1) is 14.8. The maximum Gasteiger partial charge on any atom is 0.254 e. The summed E-state index contributed by atoms with van der Waals surface area (Å²) in [5.74, 6) is 0.544. The molecule has 2 heterocycles. The van der Waals surface area contributed by atoms with Gasteiger partial charge in [0, 0.05) is 32.4 Å². The van der Waals surface area contributed by atoms with Gasteiger partial charge in [-0.3, -0.25) is 4.79 Å². The van der Waals surface area contributed by atoms with E-state index in [9.17, 15) is 9.90 Å². The molecule has 1 amide bonds. The number of aliphatic hydroxyl groups is 1. The third kappa shape index (κ3) is 2.64. The van der Waals surface area contributed by atoms with Crippen LogP contribution in [0, 0.1) is 11.3 Å². The standard InChI is InChI=1S/C16H20N4O2/c17-12-13-4-3-7-18-14(13)19-8-10-20(11-9-19)15(21)16(22)5-1-2-6-16/h3-4,7,22H,1-2,5-6,8-11H2. The molecular weight excluding hydrogens is 280 g/mol. The summed E-state index contributed by atoms with van der Waals surface area (Å²) in [5, 5.41) is 19.6. The molecule has 1 saturated heterocycles. The number of anilines is 1. The molecule has 2 aliphatic rings. The maximum absolute atomic E-state index is 12.5. The summed E-state index contributed by atoms with van der Waals surface area (Å²) in [6.07, 6.45) is 4.66. The fraction of sp³-hybridized carbons (Fsp3) is 0.562. The van der Waals surface area contributed by atoms with Gasteiger partial charge in [0.15, 0.2) is 0 Å². The summed E-state index contributed by atoms with van der Waals surface area (Å²) in [6.45, 7) is 2.38. The highest BCUT2D eigenvalue weighted by Gasteiger charge is 2.42. The summed E-state index contributed by atoms with van der Waals surface area (Å²) in [5.41, 5.74) is -0.595. The lowest BCUT2D eigenvalue weighted by Crippen LogP contribution is -2.55. The van der Waals surface area contributed by atoms with Crippen LogP contribution in [0.3, 0.4) is 0 Å². The van der Waals surface area contributed by atoms with Crippen LogP contribution in [0.4, 0.5) is 5.82 Å². The first-order chi connectivity index (χ1) is 10.6. The lowest BCUT2D eigenvalue weighted by atomic mass is 10.00. The normalized spacial score (nSPS) is 20.7. The molecule has 0 spiro atoms. The van der Waals surface area contributed by atoms with Crippen molar-refractivity contribution in [3.05, 3.63) is 23.9 Å². The van der Waals surface area contributed by atoms with Gasteiger partial charge in [0.05, 0.1) is 5.56 Å². The van der Waals surface area contributed by atoms with Crippen molar-refractivity contribution in [2.24, 2.45) is 0 Å². The van der Waals surface area contributed by atoms with E-state index in [2.05, 4.69) is 11.1 Å². The summed E-state index contributed by atoms with van der Waals surface area (Å²) in [4.78, 5) is 20.5. The van der Waals surface area contributed by atoms with Gasteiger partial charge in [-0.25, -0.2) is 4.98 Å². The molecule has 1 aliphatic heterocycles. The van der Waals surface area contributed by atoms with Crippen molar-refractivity contribution in [2.75, 3.05) is 31.1 Å². The molecular formula is C16H20N4O2. The average molecular weight is 300 g/mol. The molecule has 1 aromatic rings. The SMILES string of the molecule is N#Cc1cccnc1N1CCN(C(=O)C2(O)CCCC2)CC1. The lowest BCUT2D eigenvalue weighted by molar-refractivity contribution is -0.151. The van der Waals surface area contributed by atoms with Gasteiger partial charge in [0.1, 0.15) is 17.5 Å². The van der Waals surface area contributed by atoms with Gasteiger partial charge in [-0.05, 0) is 37.8 Å². The number of carbonyl (C=O) groups is 1. The van der Waals surface area contributed by atoms with Crippen molar-refractivity contribution in [2.45, 2.75) is 31.3 Å². The predicted octanol–water partition coefficient (Wildman–Crippen LogP) is 0.907. The zero-order valence-corrected chi connectivity index (χ0v) is 12.5. The largest absolute Gasteiger partial charge is 0.380 e. The Kier molecular flexibility index (Phi) is 3.99. The topological polar surface area (TPSA) is 80.5 Å². The molecule has 0 unspecified atom stereocenters. The lowest BCUT2D eigenvalue weighted by Gasteiger charge is -2.38. The first-order valence-corrected chi connectivity index (χ1v) is 7.76. The molecule has 1 saturated carbocycles. The van der Waals surface area contributed by atoms with Crippen molar-refractivity contribution in [3.8, 4) is 6.07 Å². The van der Waals surface area contributed by atoms with Crippen molar-refractivity contribution >= 4 is 11.7 Å². The van der Waals surface area contributed by atoms with Crippen LogP contribution in [-0.2, 0) is 4.79 Å². The third-order valence-corrected chi connectivity index (χ3v) is 4.60. The fourth-order valence-corrected chi connectivity index (χ4v) is 3.33. The van der Waals surface area contributed by atoms with E-state index in [1.165, 1.54) is 0 Å². The van der Waals surface area contributed by atoms with E-state index in [0.29, 0.717) is 50.4 Å². The van der Waals surface area contributed by atoms with Crippen LogP contribution in [0.5, 0.6) is 0 Å². The van der Waals surface area contributed by atoms with Crippen molar-refractivity contribution in [1.29, 1.82) is 5.26 Å². The Morgan fingerprint density at radius 3 is 2.59 bits per heavy atom.